The molecule has 0 aliphatic rings. The maximum atomic E-state index is 13.4. The van der Waals surface area contributed by atoms with Crippen LogP contribution in [0.1, 0.15) is 0 Å². The van der Waals surface area contributed by atoms with Crippen molar-refractivity contribution in [1.29, 1.82) is 0 Å². The van der Waals surface area contributed by atoms with Gasteiger partial charge in [-0.15, -0.1) is 0 Å². The van der Waals surface area contributed by atoms with Gasteiger partial charge in [0.25, 0.3) is 15.7 Å². The molecule has 0 radical (unpaired) electrons. The number of rotatable bonds is 4. The molecule has 1 aromatic carbocycles. The zero-order chi connectivity index (χ0) is 14.8. The van der Waals surface area contributed by atoms with Crippen LogP contribution < -0.4 is 4.72 Å². The maximum Gasteiger partial charge on any atom is 0.282 e. The number of nitro groups is 1. The van der Waals surface area contributed by atoms with Gasteiger partial charge in [-0.2, -0.15) is 8.42 Å². The Bertz CT molecular complexity index is 764. The Hall–Kier alpha value is -2.55. The summed E-state index contributed by atoms with van der Waals surface area (Å²) in [5, 5.41) is 9.83. The van der Waals surface area contributed by atoms with Crippen LogP contribution in [0.5, 0.6) is 0 Å². The SMILES string of the molecule is O=[N+]([O-])c1cccc(NS(=O)(=O)c2ncccc2F)c1. The Balaban J connectivity index is 2.36. The van der Waals surface area contributed by atoms with Gasteiger partial charge < -0.3 is 0 Å². The first kappa shape index (κ1) is 13.9. The summed E-state index contributed by atoms with van der Waals surface area (Å²) >= 11 is 0. The second kappa shape index (κ2) is 5.21. The maximum absolute atomic E-state index is 13.4. The number of non-ortho nitro benzene ring substituents is 1. The first-order valence-corrected chi connectivity index (χ1v) is 6.76. The van der Waals surface area contributed by atoms with E-state index in [1.807, 2.05) is 4.72 Å². The van der Waals surface area contributed by atoms with Gasteiger partial charge in [0, 0.05) is 18.3 Å². The standard InChI is InChI=1S/C11H8FN3O4S/c12-10-5-2-6-13-11(10)20(18,19)14-8-3-1-4-9(7-8)15(16)17/h1-7,14H. The molecule has 1 aromatic heterocycles. The highest BCUT2D eigenvalue weighted by Crippen LogP contribution is 2.20. The first-order valence-electron chi connectivity index (χ1n) is 5.28. The first-order chi connectivity index (χ1) is 9.40. The van der Waals surface area contributed by atoms with Crippen LogP contribution in [0.2, 0.25) is 0 Å². The van der Waals surface area contributed by atoms with E-state index in [1.165, 1.54) is 24.3 Å². The number of pyridine rings is 1. The average molecular weight is 297 g/mol. The molecule has 2 rings (SSSR count). The fourth-order valence-corrected chi connectivity index (χ4v) is 2.51. The summed E-state index contributed by atoms with van der Waals surface area (Å²) in [5.41, 5.74) is -0.337. The Morgan fingerprint density at radius 3 is 2.65 bits per heavy atom. The summed E-state index contributed by atoms with van der Waals surface area (Å²) < 4.78 is 39.3. The molecule has 7 nitrogen and oxygen atoms in total. The molecule has 0 spiro atoms. The van der Waals surface area contributed by atoms with E-state index in [0.717, 1.165) is 18.3 Å². The Kier molecular flexibility index (Phi) is 3.61. The highest BCUT2D eigenvalue weighted by molar-refractivity contribution is 7.92. The lowest BCUT2D eigenvalue weighted by Gasteiger charge is -2.07. The summed E-state index contributed by atoms with van der Waals surface area (Å²) in [7, 11) is -4.25. The van der Waals surface area contributed by atoms with Crippen molar-refractivity contribution in [1.82, 2.24) is 4.98 Å². The second-order valence-electron chi connectivity index (χ2n) is 3.70. The van der Waals surface area contributed by atoms with Gasteiger partial charge in [0.1, 0.15) is 0 Å². The molecule has 1 N–H and O–H groups in total. The third kappa shape index (κ3) is 2.88. The van der Waals surface area contributed by atoms with Gasteiger partial charge in [0.2, 0.25) is 5.03 Å². The van der Waals surface area contributed by atoms with Gasteiger partial charge in [-0.25, -0.2) is 9.37 Å². The van der Waals surface area contributed by atoms with E-state index in [4.69, 9.17) is 0 Å². The predicted octanol–water partition coefficient (Wildman–Crippen LogP) is 1.93. The van der Waals surface area contributed by atoms with Gasteiger partial charge in [-0.3, -0.25) is 14.8 Å². The van der Waals surface area contributed by atoms with Crippen LogP contribution >= 0.6 is 0 Å². The molecule has 0 atom stereocenters. The second-order valence-corrected chi connectivity index (χ2v) is 5.30. The van der Waals surface area contributed by atoms with E-state index in [9.17, 15) is 22.9 Å². The zero-order valence-electron chi connectivity index (χ0n) is 9.86. The summed E-state index contributed by atoms with van der Waals surface area (Å²) in [6, 6.07) is 7.06. The Labute approximate surface area is 113 Å². The van der Waals surface area contributed by atoms with Crippen molar-refractivity contribution in [2.45, 2.75) is 5.03 Å². The molecule has 0 saturated heterocycles. The molecular weight excluding hydrogens is 289 g/mol. The quantitative estimate of drug-likeness (QED) is 0.686. The van der Waals surface area contributed by atoms with E-state index in [0.29, 0.717) is 0 Å². The minimum atomic E-state index is -4.25. The van der Waals surface area contributed by atoms with Crippen molar-refractivity contribution in [3.05, 3.63) is 58.5 Å². The van der Waals surface area contributed by atoms with E-state index < -0.39 is 25.8 Å². The van der Waals surface area contributed by atoms with Gasteiger partial charge in [0.15, 0.2) is 5.82 Å². The van der Waals surface area contributed by atoms with Crippen LogP contribution in [-0.2, 0) is 10.0 Å². The molecule has 104 valence electrons. The number of sulfonamides is 1. The predicted molar refractivity (Wildman–Crippen MR) is 68.1 cm³/mol. The lowest BCUT2D eigenvalue weighted by Crippen LogP contribution is -2.16. The van der Waals surface area contributed by atoms with Crippen LogP contribution in [0.15, 0.2) is 47.6 Å². The molecular formula is C11H8FN3O4S. The minimum Gasteiger partial charge on any atom is -0.278 e. The van der Waals surface area contributed by atoms with Crippen molar-refractivity contribution in [3.8, 4) is 0 Å². The number of halogens is 1. The van der Waals surface area contributed by atoms with Crippen LogP contribution in [0.25, 0.3) is 0 Å². The summed E-state index contributed by atoms with van der Waals surface area (Å²) in [4.78, 5) is 13.4. The molecule has 0 aliphatic carbocycles. The molecule has 0 amide bonds. The smallest absolute Gasteiger partial charge is 0.278 e. The van der Waals surface area contributed by atoms with Gasteiger partial charge in [-0.05, 0) is 18.2 Å². The van der Waals surface area contributed by atoms with Crippen LogP contribution in [-0.4, -0.2) is 18.3 Å². The molecule has 0 bridgehead atoms. The lowest BCUT2D eigenvalue weighted by molar-refractivity contribution is -0.384. The number of nitrogens with one attached hydrogen (secondary N) is 1. The monoisotopic (exact) mass is 297 g/mol. The Morgan fingerprint density at radius 1 is 1.25 bits per heavy atom. The number of anilines is 1. The third-order valence-electron chi connectivity index (χ3n) is 2.29. The van der Waals surface area contributed by atoms with Gasteiger partial charge in [-0.1, -0.05) is 6.07 Å². The highest BCUT2D eigenvalue weighted by atomic mass is 32.2. The van der Waals surface area contributed by atoms with Crippen LogP contribution in [0.4, 0.5) is 15.8 Å². The summed E-state index contributed by atoms with van der Waals surface area (Å²) in [6.07, 6.45) is 1.13. The molecule has 2 aromatic rings. The van der Waals surface area contributed by atoms with Crippen molar-refractivity contribution in [3.63, 3.8) is 0 Å². The molecule has 1 heterocycles. The molecule has 0 fully saturated rings. The molecule has 0 unspecified atom stereocenters. The largest absolute Gasteiger partial charge is 0.282 e. The number of aromatic nitrogens is 1. The highest BCUT2D eigenvalue weighted by Gasteiger charge is 2.21. The molecule has 20 heavy (non-hydrogen) atoms. The fraction of sp³-hybridized carbons (Fsp3) is 0. The van der Waals surface area contributed by atoms with Gasteiger partial charge in [0.05, 0.1) is 10.6 Å². The fourth-order valence-electron chi connectivity index (χ4n) is 1.46. The normalized spacial score (nSPS) is 11.1. The zero-order valence-corrected chi connectivity index (χ0v) is 10.7. The number of nitrogens with zero attached hydrogens (tertiary/aromatic N) is 2. The third-order valence-corrected chi connectivity index (χ3v) is 3.60. The lowest BCUT2D eigenvalue weighted by atomic mass is 10.3. The van der Waals surface area contributed by atoms with Crippen LogP contribution in [0.3, 0.4) is 0 Å². The van der Waals surface area contributed by atoms with Crippen LogP contribution in [0, 0.1) is 15.9 Å². The van der Waals surface area contributed by atoms with Gasteiger partial charge >= 0.3 is 0 Å². The molecule has 9 heteroatoms. The number of benzene rings is 1. The van der Waals surface area contributed by atoms with Crippen molar-refractivity contribution in [2.24, 2.45) is 0 Å². The average Bonchev–Trinajstić information content (AvgIpc) is 2.38. The topological polar surface area (TPSA) is 102 Å². The summed E-state index contributed by atoms with van der Waals surface area (Å²) in [5.74, 6) is -1.01. The number of hydrogen-bond acceptors (Lipinski definition) is 5. The summed E-state index contributed by atoms with van der Waals surface area (Å²) in [6.45, 7) is 0. The molecule has 0 saturated carbocycles. The van der Waals surface area contributed by atoms with Crippen molar-refractivity contribution >= 4 is 21.4 Å². The van der Waals surface area contributed by atoms with E-state index in [1.54, 1.807) is 0 Å². The van der Waals surface area contributed by atoms with E-state index in [-0.39, 0.29) is 11.4 Å². The van der Waals surface area contributed by atoms with Crippen molar-refractivity contribution in [2.75, 3.05) is 4.72 Å². The van der Waals surface area contributed by atoms with E-state index >= 15 is 0 Å². The molecule has 0 aliphatic heterocycles. The number of nitro benzene ring substituents is 1. The Morgan fingerprint density at radius 2 is 2.00 bits per heavy atom. The minimum absolute atomic E-state index is 0.0516. The number of hydrogen-bond donors (Lipinski definition) is 1. The van der Waals surface area contributed by atoms with Crippen molar-refractivity contribution < 1.29 is 17.7 Å². The van der Waals surface area contributed by atoms with E-state index in [2.05, 4.69) is 4.98 Å².